The molecule has 6 rings (SSSR count). The summed E-state index contributed by atoms with van der Waals surface area (Å²) in [6.07, 6.45) is 11.4. The summed E-state index contributed by atoms with van der Waals surface area (Å²) in [5.41, 5.74) is 4.43. The average Bonchev–Trinajstić information content (AvgIpc) is 3.62. The van der Waals surface area contributed by atoms with E-state index in [0.29, 0.717) is 11.5 Å². The van der Waals surface area contributed by atoms with Crippen LogP contribution >= 0.6 is 0 Å². The number of hydrogen-bond acceptors (Lipinski definition) is 5. The fourth-order valence-electron chi connectivity index (χ4n) is 5.93. The number of nitrogens with zero attached hydrogens (tertiary/aromatic N) is 5. The smallest absolute Gasteiger partial charge is 0.251 e. The number of aryl methyl sites for hydroxylation is 1. The van der Waals surface area contributed by atoms with Gasteiger partial charge in [0.2, 0.25) is 5.91 Å². The maximum Gasteiger partial charge on any atom is 0.251 e. The standard InChI is InChI=1S/C32H39N7O2/c1-37(2)16-6-10-29(40)34-24-8-4-9-25(19-24)35-32(41)23-13-14-27-26(17-23)36-31(38(27)3)28-18-22-7-5-15-33-30(22)39(28)20-21-11-12-21/h5-7,10,13-15,17-18,21,24-25H,4,8-9,11-12,16,19-20H2,1-3H3,(H,34,40)(H,35,41)/b10-6+/t24-,25+/m0/s1. The van der Waals surface area contributed by atoms with E-state index in [9.17, 15) is 9.59 Å². The number of rotatable bonds is 9. The summed E-state index contributed by atoms with van der Waals surface area (Å²) in [5, 5.41) is 7.42. The Morgan fingerprint density at radius 3 is 2.66 bits per heavy atom. The van der Waals surface area contributed by atoms with Crippen LogP contribution in [0.2, 0.25) is 0 Å². The van der Waals surface area contributed by atoms with Crippen molar-refractivity contribution in [3.8, 4) is 11.5 Å². The molecule has 3 heterocycles. The minimum Gasteiger partial charge on any atom is -0.350 e. The van der Waals surface area contributed by atoms with E-state index in [1.165, 1.54) is 12.8 Å². The van der Waals surface area contributed by atoms with Crippen molar-refractivity contribution in [3.63, 3.8) is 0 Å². The lowest BCUT2D eigenvalue weighted by atomic mass is 9.90. The first kappa shape index (κ1) is 27.2. The summed E-state index contributed by atoms with van der Waals surface area (Å²) < 4.78 is 4.41. The van der Waals surface area contributed by atoms with E-state index in [0.717, 1.165) is 72.4 Å². The van der Waals surface area contributed by atoms with Crippen LogP contribution in [0.1, 0.15) is 48.9 Å². The summed E-state index contributed by atoms with van der Waals surface area (Å²) in [7, 11) is 5.96. The van der Waals surface area contributed by atoms with Gasteiger partial charge in [-0.3, -0.25) is 9.59 Å². The van der Waals surface area contributed by atoms with Crippen LogP contribution in [0, 0.1) is 5.92 Å². The van der Waals surface area contributed by atoms with Crippen LogP contribution in [0.25, 0.3) is 33.6 Å². The summed E-state index contributed by atoms with van der Waals surface area (Å²) in [5.74, 6) is 1.39. The average molecular weight is 554 g/mol. The molecule has 0 radical (unpaired) electrons. The summed E-state index contributed by atoms with van der Waals surface area (Å²) in [4.78, 5) is 37.3. The molecule has 2 saturated carbocycles. The van der Waals surface area contributed by atoms with Gasteiger partial charge >= 0.3 is 0 Å². The van der Waals surface area contributed by atoms with Gasteiger partial charge in [0.15, 0.2) is 5.82 Å². The quantitative estimate of drug-likeness (QED) is 0.302. The summed E-state index contributed by atoms with van der Waals surface area (Å²) in [6.45, 7) is 1.67. The molecule has 4 aromatic rings. The van der Waals surface area contributed by atoms with Crippen molar-refractivity contribution in [2.45, 2.75) is 57.2 Å². The molecule has 0 spiro atoms. The predicted octanol–water partition coefficient (Wildman–Crippen LogP) is 4.28. The molecule has 2 fully saturated rings. The Labute approximate surface area is 240 Å². The van der Waals surface area contributed by atoms with Gasteiger partial charge in [-0.05, 0) is 94.9 Å². The lowest BCUT2D eigenvalue weighted by Gasteiger charge is -2.30. The number of hydrogen-bond donors (Lipinski definition) is 2. The molecule has 3 aromatic heterocycles. The molecule has 0 unspecified atom stereocenters. The molecule has 0 aliphatic heterocycles. The topological polar surface area (TPSA) is 97.1 Å². The van der Waals surface area contributed by atoms with Crippen molar-refractivity contribution in [2.75, 3.05) is 20.6 Å². The van der Waals surface area contributed by atoms with E-state index < -0.39 is 0 Å². The maximum absolute atomic E-state index is 13.3. The minimum atomic E-state index is -0.103. The third-order valence-electron chi connectivity index (χ3n) is 8.26. The van der Waals surface area contributed by atoms with Crippen LogP contribution in [0.15, 0.2) is 54.7 Å². The monoisotopic (exact) mass is 553 g/mol. The van der Waals surface area contributed by atoms with Crippen molar-refractivity contribution in [1.82, 2.24) is 34.6 Å². The molecule has 2 N–H and O–H groups in total. The van der Waals surface area contributed by atoms with Crippen molar-refractivity contribution in [3.05, 3.63) is 60.3 Å². The Morgan fingerprint density at radius 2 is 1.88 bits per heavy atom. The lowest BCUT2D eigenvalue weighted by Crippen LogP contribution is -2.45. The Balaban J connectivity index is 1.17. The van der Waals surface area contributed by atoms with Crippen molar-refractivity contribution in [2.24, 2.45) is 13.0 Å². The highest BCUT2D eigenvalue weighted by Gasteiger charge is 2.27. The molecule has 2 aliphatic rings. The number of benzene rings is 1. The van der Waals surface area contributed by atoms with Crippen LogP contribution in [0.5, 0.6) is 0 Å². The Bertz CT molecular complexity index is 1610. The van der Waals surface area contributed by atoms with Crippen LogP contribution in [0.4, 0.5) is 0 Å². The SMILES string of the molecule is CN(C)C/C=C/C(=O)N[C@H]1CCC[C@@H](NC(=O)c2ccc3c(c2)nc(-c2cc4cccnc4n2CC2CC2)n3C)C1. The summed E-state index contributed by atoms with van der Waals surface area (Å²) >= 11 is 0. The van der Waals surface area contributed by atoms with E-state index in [1.54, 1.807) is 6.08 Å². The number of aromatic nitrogens is 4. The third kappa shape index (κ3) is 6.05. The van der Waals surface area contributed by atoms with Gasteiger partial charge in [-0.2, -0.15) is 0 Å². The van der Waals surface area contributed by atoms with Gasteiger partial charge in [-0.1, -0.05) is 6.08 Å². The van der Waals surface area contributed by atoms with Gasteiger partial charge in [-0.15, -0.1) is 0 Å². The molecule has 214 valence electrons. The minimum absolute atomic E-state index is 0.0212. The van der Waals surface area contributed by atoms with Gasteiger partial charge in [-0.25, -0.2) is 9.97 Å². The first-order valence-corrected chi connectivity index (χ1v) is 14.7. The van der Waals surface area contributed by atoms with E-state index >= 15 is 0 Å². The fraction of sp³-hybridized carbons (Fsp3) is 0.438. The highest BCUT2D eigenvalue weighted by atomic mass is 16.2. The molecule has 9 heteroatoms. The van der Waals surface area contributed by atoms with Gasteiger partial charge in [0.25, 0.3) is 5.91 Å². The second-order valence-electron chi connectivity index (χ2n) is 11.9. The van der Waals surface area contributed by atoms with Crippen LogP contribution in [0.3, 0.4) is 0 Å². The first-order chi connectivity index (χ1) is 19.9. The lowest BCUT2D eigenvalue weighted by molar-refractivity contribution is -0.117. The van der Waals surface area contributed by atoms with Crippen molar-refractivity contribution >= 4 is 33.9 Å². The Hall–Kier alpha value is -3.98. The highest BCUT2D eigenvalue weighted by Crippen LogP contribution is 2.36. The Kier molecular flexibility index (Phi) is 7.62. The zero-order valence-electron chi connectivity index (χ0n) is 24.1. The molecule has 41 heavy (non-hydrogen) atoms. The molecule has 0 bridgehead atoms. The maximum atomic E-state index is 13.3. The van der Waals surface area contributed by atoms with Crippen LogP contribution < -0.4 is 10.6 Å². The number of nitrogens with one attached hydrogen (secondary N) is 2. The summed E-state index contributed by atoms with van der Waals surface area (Å²) in [6, 6.07) is 12.1. The number of fused-ring (bicyclic) bond motifs is 2. The largest absolute Gasteiger partial charge is 0.350 e. The fourth-order valence-corrected chi connectivity index (χ4v) is 5.93. The normalized spacial score (nSPS) is 19.4. The van der Waals surface area contributed by atoms with Gasteiger partial charge in [0.05, 0.1) is 16.7 Å². The number of carbonyl (C=O) groups excluding carboxylic acids is 2. The molecule has 2 amide bonds. The van der Waals surface area contributed by atoms with Gasteiger partial charge in [0, 0.05) is 55.4 Å². The molecule has 2 atom stereocenters. The third-order valence-corrected chi connectivity index (χ3v) is 8.26. The number of pyridine rings is 1. The number of imidazole rings is 1. The second kappa shape index (κ2) is 11.5. The van der Waals surface area contributed by atoms with Crippen molar-refractivity contribution in [1.29, 1.82) is 0 Å². The predicted molar refractivity (Wildman–Crippen MR) is 162 cm³/mol. The van der Waals surface area contributed by atoms with Crippen molar-refractivity contribution < 1.29 is 9.59 Å². The molecule has 9 nitrogen and oxygen atoms in total. The highest BCUT2D eigenvalue weighted by molar-refractivity contribution is 5.98. The number of likely N-dealkylation sites (N-methyl/N-ethyl adjacent to an activating group) is 1. The van der Waals surface area contributed by atoms with Crippen LogP contribution in [-0.2, 0) is 18.4 Å². The van der Waals surface area contributed by atoms with E-state index in [2.05, 4.69) is 36.9 Å². The Morgan fingerprint density at radius 1 is 1.07 bits per heavy atom. The van der Waals surface area contributed by atoms with Gasteiger partial charge in [0.1, 0.15) is 5.65 Å². The van der Waals surface area contributed by atoms with Gasteiger partial charge < -0.3 is 24.7 Å². The zero-order valence-corrected chi connectivity index (χ0v) is 24.1. The van der Waals surface area contributed by atoms with E-state index in [-0.39, 0.29) is 23.9 Å². The molecular weight excluding hydrogens is 514 g/mol. The molecule has 2 aliphatic carbocycles. The molecule has 0 saturated heterocycles. The van der Waals surface area contributed by atoms with E-state index in [1.807, 2.05) is 62.6 Å². The molecule has 1 aromatic carbocycles. The van der Waals surface area contributed by atoms with E-state index in [4.69, 9.17) is 4.98 Å². The zero-order chi connectivity index (χ0) is 28.5. The van der Waals surface area contributed by atoms with Crippen LogP contribution in [-0.4, -0.2) is 68.5 Å². The number of amides is 2. The number of carbonyl (C=O) groups is 2. The molecular formula is C32H39N7O2. The first-order valence-electron chi connectivity index (χ1n) is 14.7. The second-order valence-corrected chi connectivity index (χ2v) is 11.9.